The number of nitrogens with zero attached hydrogens (tertiary/aromatic N) is 2. The maximum absolute atomic E-state index is 14.5. The van der Waals surface area contributed by atoms with Gasteiger partial charge in [-0.15, -0.1) is 6.58 Å². The highest BCUT2D eigenvalue weighted by atomic mass is 32.2. The Kier molecular flexibility index (Phi) is 11.0. The Morgan fingerprint density at radius 2 is 1.80 bits per heavy atom. The summed E-state index contributed by atoms with van der Waals surface area (Å²) in [5.74, 6) is -1.60. The molecule has 3 fully saturated rings. The summed E-state index contributed by atoms with van der Waals surface area (Å²) in [6, 6.07) is 14.4. The zero-order valence-electron chi connectivity index (χ0n) is 31.4. The summed E-state index contributed by atoms with van der Waals surface area (Å²) in [4.78, 5) is 61.4. The number of amides is 4. The van der Waals surface area contributed by atoms with E-state index in [4.69, 9.17) is 19.2 Å². The highest BCUT2D eigenvalue weighted by molar-refractivity contribution is 7.91. The summed E-state index contributed by atoms with van der Waals surface area (Å²) < 4.78 is 44.9. The van der Waals surface area contributed by atoms with Crippen LogP contribution in [0.2, 0.25) is 0 Å². The molecule has 1 aliphatic heterocycles. The minimum atomic E-state index is -3.92. The number of methoxy groups -OCH3 is 1. The Hall–Kier alpha value is -5.44. The molecule has 0 spiro atoms. The van der Waals surface area contributed by atoms with E-state index in [2.05, 4.69) is 28.5 Å². The molecule has 5 atom stereocenters. The molecule has 2 saturated carbocycles. The van der Waals surface area contributed by atoms with E-state index in [9.17, 15) is 27.6 Å². The lowest BCUT2D eigenvalue weighted by molar-refractivity contribution is -0.142. The first-order valence-electron chi connectivity index (χ1n) is 18.2. The van der Waals surface area contributed by atoms with Crippen molar-refractivity contribution in [3.05, 3.63) is 79.9 Å². The van der Waals surface area contributed by atoms with Gasteiger partial charge >= 0.3 is 6.09 Å². The molecule has 2 heterocycles. The van der Waals surface area contributed by atoms with Gasteiger partial charge in [0.15, 0.2) is 0 Å². The third-order valence-corrected chi connectivity index (χ3v) is 12.0. The molecule has 55 heavy (non-hydrogen) atoms. The maximum Gasteiger partial charge on any atom is 0.408 e. The summed E-state index contributed by atoms with van der Waals surface area (Å²) in [6.07, 6.45) is 2.35. The molecule has 15 heteroatoms. The van der Waals surface area contributed by atoms with Gasteiger partial charge in [-0.2, -0.15) is 0 Å². The normalized spacial score (nSPS) is 22.5. The Labute approximate surface area is 320 Å². The van der Waals surface area contributed by atoms with Gasteiger partial charge in [-0.3, -0.25) is 19.1 Å². The molecule has 3 aliphatic rings. The molecular weight excluding hydrogens is 727 g/mol. The molecule has 0 radical (unpaired) electrons. The van der Waals surface area contributed by atoms with Gasteiger partial charge in [0.25, 0.3) is 5.91 Å². The summed E-state index contributed by atoms with van der Waals surface area (Å²) in [5.41, 5.74) is -0.337. The standard InChI is InChI=1S/C40H47N5O9S/c1-7-18-53-38(49)42-34(39(3,4)5)36(47)45-23-27(20-32(45)35(46)43-40(22-25(40)8-2)37(48)44-55(50,51)28-15-16-28)54-33-21-30(24-12-10-9-11-13-24)41-31-19-26(52-6)14-17-29(31)33/h7-14,17,19,21,25,27-28,32,34H,1-2,15-16,18,20,22-23H2,3-6H3,(H,42,49)(H,43,46)(H,44,48)/t25-,27-,32+,34-,40-/m1/s1. The smallest absolute Gasteiger partial charge is 0.408 e. The molecule has 292 valence electrons. The largest absolute Gasteiger partial charge is 0.497 e. The number of carbonyl (C=O) groups is 4. The fraction of sp³-hybridized carbons (Fsp3) is 0.425. The molecule has 2 aromatic carbocycles. The van der Waals surface area contributed by atoms with E-state index in [1.165, 1.54) is 17.1 Å². The molecule has 14 nitrogen and oxygen atoms in total. The van der Waals surface area contributed by atoms with Gasteiger partial charge in [0.2, 0.25) is 21.8 Å². The third kappa shape index (κ3) is 8.46. The van der Waals surface area contributed by atoms with E-state index >= 15 is 0 Å². The van der Waals surface area contributed by atoms with E-state index in [0.29, 0.717) is 40.9 Å². The number of likely N-dealkylation sites (tertiary alicyclic amines) is 1. The van der Waals surface area contributed by atoms with Crippen LogP contribution in [0.4, 0.5) is 4.79 Å². The number of alkyl carbamates (subject to hydrolysis) is 1. The van der Waals surface area contributed by atoms with Crippen LogP contribution in [0.5, 0.6) is 11.5 Å². The Balaban J connectivity index is 1.34. The fourth-order valence-corrected chi connectivity index (χ4v) is 8.20. The molecule has 1 saturated heterocycles. The summed E-state index contributed by atoms with van der Waals surface area (Å²) >= 11 is 0. The van der Waals surface area contributed by atoms with Crippen LogP contribution >= 0.6 is 0 Å². The average molecular weight is 774 g/mol. The van der Waals surface area contributed by atoms with Gasteiger partial charge in [-0.1, -0.05) is 69.8 Å². The second-order valence-corrected chi connectivity index (χ2v) is 17.2. The number of aromatic nitrogens is 1. The van der Waals surface area contributed by atoms with E-state index < -0.39 is 74.1 Å². The van der Waals surface area contributed by atoms with Crippen molar-refractivity contribution in [1.82, 2.24) is 25.2 Å². The number of carbonyl (C=O) groups excluding carboxylic acids is 4. The number of benzene rings is 2. The molecule has 2 aliphatic carbocycles. The van der Waals surface area contributed by atoms with Gasteiger partial charge in [0.05, 0.1) is 30.1 Å². The maximum atomic E-state index is 14.5. The minimum absolute atomic E-state index is 0.00676. The Morgan fingerprint density at radius 3 is 2.42 bits per heavy atom. The van der Waals surface area contributed by atoms with Gasteiger partial charge < -0.3 is 29.7 Å². The number of fused-ring (bicyclic) bond motifs is 1. The second kappa shape index (κ2) is 15.4. The van der Waals surface area contributed by atoms with Crippen LogP contribution in [-0.4, -0.2) is 91.4 Å². The third-order valence-electron chi connectivity index (χ3n) is 10.1. The number of rotatable bonds is 14. The number of nitrogens with one attached hydrogen (secondary N) is 3. The minimum Gasteiger partial charge on any atom is -0.497 e. The predicted octanol–water partition coefficient (Wildman–Crippen LogP) is 4.25. The van der Waals surface area contributed by atoms with Crippen molar-refractivity contribution in [3.8, 4) is 22.8 Å². The van der Waals surface area contributed by atoms with E-state index in [1.54, 1.807) is 46.1 Å². The predicted molar refractivity (Wildman–Crippen MR) is 205 cm³/mol. The van der Waals surface area contributed by atoms with Gasteiger partial charge in [-0.25, -0.2) is 18.2 Å². The monoisotopic (exact) mass is 773 g/mol. The van der Waals surface area contributed by atoms with Crippen LogP contribution in [0.1, 0.15) is 46.5 Å². The van der Waals surface area contributed by atoms with Gasteiger partial charge in [-0.05, 0) is 36.8 Å². The van der Waals surface area contributed by atoms with Gasteiger partial charge in [0, 0.05) is 35.4 Å². The fourth-order valence-electron chi connectivity index (χ4n) is 6.84. The number of pyridine rings is 1. The summed E-state index contributed by atoms with van der Waals surface area (Å²) in [6.45, 7) is 12.5. The van der Waals surface area contributed by atoms with Crippen LogP contribution in [-0.2, 0) is 29.1 Å². The van der Waals surface area contributed by atoms with Crippen molar-refractivity contribution in [2.45, 2.75) is 75.4 Å². The molecule has 3 N–H and O–H groups in total. The number of hydrogen-bond donors (Lipinski definition) is 3. The quantitative estimate of drug-likeness (QED) is 0.200. The van der Waals surface area contributed by atoms with Crippen molar-refractivity contribution in [3.63, 3.8) is 0 Å². The lowest BCUT2D eigenvalue weighted by Gasteiger charge is -2.35. The first-order valence-corrected chi connectivity index (χ1v) is 19.7. The van der Waals surface area contributed by atoms with Crippen molar-refractivity contribution < 1.29 is 41.8 Å². The molecule has 0 bridgehead atoms. The first-order chi connectivity index (χ1) is 26.1. The SMILES string of the molecule is C=CCOC(=O)N[C@H](C(=O)N1C[C@H](Oc2cc(-c3ccccc3)nc3cc(OC)ccc23)C[C@H]1C(=O)N[C@]1(C(=O)NS(=O)(=O)C2CC2)C[C@H]1C=C)C(C)(C)C. The summed E-state index contributed by atoms with van der Waals surface area (Å²) in [5, 5.41) is 5.47. The van der Waals surface area contributed by atoms with E-state index in [0.717, 1.165) is 5.56 Å². The van der Waals surface area contributed by atoms with Crippen LogP contribution in [0.15, 0.2) is 79.9 Å². The molecule has 3 aromatic rings. The number of hydrogen-bond acceptors (Lipinski definition) is 10. The van der Waals surface area contributed by atoms with Crippen LogP contribution < -0.4 is 24.8 Å². The van der Waals surface area contributed by atoms with Crippen LogP contribution in [0, 0.1) is 11.3 Å². The first kappa shape index (κ1) is 39.3. The Morgan fingerprint density at radius 1 is 1.07 bits per heavy atom. The number of sulfonamides is 1. The summed E-state index contributed by atoms with van der Waals surface area (Å²) in [7, 11) is -2.35. The van der Waals surface area contributed by atoms with Crippen molar-refractivity contribution in [2.24, 2.45) is 11.3 Å². The zero-order valence-corrected chi connectivity index (χ0v) is 32.2. The van der Waals surface area contributed by atoms with Crippen molar-refractivity contribution in [2.75, 3.05) is 20.3 Å². The lowest BCUT2D eigenvalue weighted by Crippen LogP contribution is -2.60. The van der Waals surface area contributed by atoms with Crippen LogP contribution in [0.25, 0.3) is 22.2 Å². The highest BCUT2D eigenvalue weighted by Crippen LogP contribution is 2.46. The molecular formula is C40H47N5O9S. The molecule has 0 unspecified atom stereocenters. The van der Waals surface area contributed by atoms with Crippen molar-refractivity contribution in [1.29, 1.82) is 0 Å². The number of ether oxygens (including phenoxy) is 3. The Bertz CT molecular complexity index is 2120. The second-order valence-electron chi connectivity index (χ2n) is 15.2. The highest BCUT2D eigenvalue weighted by Gasteiger charge is 2.62. The van der Waals surface area contributed by atoms with E-state index in [-0.39, 0.29) is 26.0 Å². The molecule has 1 aromatic heterocycles. The average Bonchev–Trinajstić information content (AvgIpc) is 4.09. The topological polar surface area (TPSA) is 182 Å². The van der Waals surface area contributed by atoms with Crippen molar-refractivity contribution >= 4 is 44.7 Å². The molecule has 6 rings (SSSR count). The zero-order chi connectivity index (χ0) is 39.7. The molecule has 4 amide bonds. The van der Waals surface area contributed by atoms with Gasteiger partial charge in [0.1, 0.15) is 41.8 Å². The van der Waals surface area contributed by atoms with E-state index in [1.807, 2.05) is 36.4 Å². The lowest BCUT2D eigenvalue weighted by atomic mass is 9.85. The van der Waals surface area contributed by atoms with Crippen LogP contribution in [0.3, 0.4) is 0 Å².